The molecule has 0 unspecified atom stereocenters. The van der Waals surface area contributed by atoms with E-state index in [1.54, 1.807) is 38.4 Å². The normalized spacial score (nSPS) is 10.2. The molecule has 0 aliphatic heterocycles. The largest absolute Gasteiger partial charge is 0.343 e. The van der Waals surface area contributed by atoms with Gasteiger partial charge in [-0.2, -0.15) is 0 Å². The molecular formula is C15H13Cl2N3O2. The van der Waals surface area contributed by atoms with Crippen LogP contribution in [-0.2, 0) is 0 Å². The lowest BCUT2D eigenvalue weighted by atomic mass is 10.2. The van der Waals surface area contributed by atoms with Crippen LogP contribution in [0.2, 0.25) is 10.0 Å². The molecule has 0 bridgehead atoms. The minimum atomic E-state index is -0.415. The smallest absolute Gasteiger partial charge is 0.272 e. The van der Waals surface area contributed by atoms with Gasteiger partial charge in [-0.3, -0.25) is 14.6 Å². The molecule has 0 saturated heterocycles. The zero-order valence-corrected chi connectivity index (χ0v) is 13.4. The van der Waals surface area contributed by atoms with Crippen LogP contribution in [0.3, 0.4) is 0 Å². The predicted molar refractivity (Wildman–Crippen MR) is 86.7 cm³/mol. The molecule has 0 aliphatic rings. The van der Waals surface area contributed by atoms with Crippen LogP contribution in [0.15, 0.2) is 36.5 Å². The maximum Gasteiger partial charge on any atom is 0.272 e. The number of hydrogen-bond donors (Lipinski definition) is 1. The number of benzene rings is 1. The van der Waals surface area contributed by atoms with E-state index >= 15 is 0 Å². The first kappa shape index (κ1) is 16.3. The summed E-state index contributed by atoms with van der Waals surface area (Å²) in [7, 11) is 3.25. The SMILES string of the molecule is CN(C)C(=O)c1cc(NC(=O)c2cccc(Cl)c2Cl)ccn1. The Morgan fingerprint density at radius 3 is 2.59 bits per heavy atom. The number of rotatable bonds is 3. The van der Waals surface area contributed by atoms with Crippen LogP contribution in [0.4, 0.5) is 5.69 Å². The first-order chi connectivity index (χ1) is 10.4. The molecule has 114 valence electrons. The molecule has 0 saturated carbocycles. The minimum absolute atomic E-state index is 0.181. The number of aromatic nitrogens is 1. The molecule has 7 heteroatoms. The third kappa shape index (κ3) is 3.55. The van der Waals surface area contributed by atoms with Crippen molar-refractivity contribution < 1.29 is 9.59 Å². The summed E-state index contributed by atoms with van der Waals surface area (Å²) in [6.07, 6.45) is 1.45. The van der Waals surface area contributed by atoms with Crippen molar-refractivity contribution in [2.45, 2.75) is 0 Å². The molecule has 5 nitrogen and oxygen atoms in total. The molecule has 1 aromatic carbocycles. The van der Waals surface area contributed by atoms with Gasteiger partial charge in [0.25, 0.3) is 11.8 Å². The van der Waals surface area contributed by atoms with Gasteiger partial charge in [0.15, 0.2) is 0 Å². The fraction of sp³-hybridized carbons (Fsp3) is 0.133. The van der Waals surface area contributed by atoms with Gasteiger partial charge in [-0.1, -0.05) is 29.3 Å². The Labute approximate surface area is 137 Å². The first-order valence-corrected chi connectivity index (χ1v) is 7.09. The topological polar surface area (TPSA) is 62.3 Å². The fourth-order valence-electron chi connectivity index (χ4n) is 1.73. The number of nitrogens with zero attached hydrogens (tertiary/aromatic N) is 2. The highest BCUT2D eigenvalue weighted by atomic mass is 35.5. The zero-order valence-electron chi connectivity index (χ0n) is 11.9. The predicted octanol–water partition coefficient (Wildman–Crippen LogP) is 3.34. The Hall–Kier alpha value is -2.11. The molecule has 0 fully saturated rings. The Balaban J connectivity index is 2.24. The summed E-state index contributed by atoms with van der Waals surface area (Å²) >= 11 is 11.9. The second-order valence-corrected chi connectivity index (χ2v) is 5.47. The quantitative estimate of drug-likeness (QED) is 0.934. The van der Waals surface area contributed by atoms with Crippen LogP contribution < -0.4 is 5.32 Å². The summed E-state index contributed by atoms with van der Waals surface area (Å²) in [6.45, 7) is 0. The molecule has 2 aromatic rings. The standard InChI is InChI=1S/C15H13Cl2N3O2/c1-20(2)15(22)12-8-9(6-7-18-12)19-14(21)10-4-3-5-11(16)13(10)17/h3-8H,1-2H3,(H,18,19,21). The van der Waals surface area contributed by atoms with Gasteiger partial charge < -0.3 is 10.2 Å². The maximum absolute atomic E-state index is 12.2. The lowest BCUT2D eigenvalue weighted by molar-refractivity contribution is 0.0821. The third-order valence-corrected chi connectivity index (χ3v) is 3.66. The molecule has 22 heavy (non-hydrogen) atoms. The summed E-state index contributed by atoms with van der Waals surface area (Å²) in [6, 6.07) is 7.88. The number of anilines is 1. The van der Waals surface area contributed by atoms with Crippen LogP contribution in [0.1, 0.15) is 20.8 Å². The Kier molecular flexibility index (Phi) is 5.00. The van der Waals surface area contributed by atoms with Gasteiger partial charge in [-0.15, -0.1) is 0 Å². The van der Waals surface area contributed by atoms with Gasteiger partial charge in [0, 0.05) is 26.0 Å². The molecule has 0 atom stereocenters. The lowest BCUT2D eigenvalue weighted by Crippen LogP contribution is -2.23. The number of carbonyl (C=O) groups excluding carboxylic acids is 2. The van der Waals surface area contributed by atoms with Crippen LogP contribution in [-0.4, -0.2) is 35.8 Å². The maximum atomic E-state index is 12.2. The van der Waals surface area contributed by atoms with Crippen molar-refractivity contribution >= 4 is 40.7 Å². The second-order valence-electron chi connectivity index (χ2n) is 4.68. The summed E-state index contributed by atoms with van der Waals surface area (Å²) in [5.74, 6) is -0.668. The monoisotopic (exact) mass is 337 g/mol. The molecule has 0 radical (unpaired) electrons. The average molecular weight is 338 g/mol. The van der Waals surface area contributed by atoms with Gasteiger partial charge in [0.2, 0.25) is 0 Å². The van der Waals surface area contributed by atoms with Crippen molar-refractivity contribution in [3.05, 3.63) is 57.8 Å². The van der Waals surface area contributed by atoms with Crippen molar-refractivity contribution in [1.29, 1.82) is 0 Å². The summed E-state index contributed by atoms with van der Waals surface area (Å²) in [5, 5.41) is 3.15. The molecule has 1 aromatic heterocycles. The molecule has 0 spiro atoms. The Morgan fingerprint density at radius 2 is 1.91 bits per heavy atom. The van der Waals surface area contributed by atoms with Gasteiger partial charge in [-0.25, -0.2) is 0 Å². The Morgan fingerprint density at radius 1 is 1.18 bits per heavy atom. The number of amides is 2. The van der Waals surface area contributed by atoms with E-state index < -0.39 is 5.91 Å². The zero-order chi connectivity index (χ0) is 16.3. The van der Waals surface area contributed by atoms with Crippen molar-refractivity contribution in [2.24, 2.45) is 0 Å². The number of halogens is 2. The number of nitrogens with one attached hydrogen (secondary N) is 1. The minimum Gasteiger partial charge on any atom is -0.343 e. The lowest BCUT2D eigenvalue weighted by Gasteiger charge is -2.11. The van der Waals surface area contributed by atoms with E-state index in [0.717, 1.165) is 0 Å². The van der Waals surface area contributed by atoms with Gasteiger partial charge in [0.05, 0.1) is 15.6 Å². The second kappa shape index (κ2) is 6.77. The molecule has 2 amide bonds. The summed E-state index contributed by atoms with van der Waals surface area (Å²) < 4.78 is 0. The first-order valence-electron chi connectivity index (χ1n) is 6.33. The van der Waals surface area contributed by atoms with Crippen LogP contribution in [0.5, 0.6) is 0 Å². The third-order valence-electron chi connectivity index (χ3n) is 2.84. The van der Waals surface area contributed by atoms with Crippen molar-refractivity contribution in [1.82, 2.24) is 9.88 Å². The van der Waals surface area contributed by atoms with E-state index in [1.807, 2.05) is 0 Å². The number of pyridine rings is 1. The molecular weight excluding hydrogens is 325 g/mol. The molecule has 2 rings (SSSR count). The van der Waals surface area contributed by atoms with Crippen LogP contribution in [0, 0.1) is 0 Å². The van der Waals surface area contributed by atoms with E-state index in [4.69, 9.17) is 23.2 Å². The van der Waals surface area contributed by atoms with Crippen LogP contribution in [0.25, 0.3) is 0 Å². The average Bonchev–Trinajstić information content (AvgIpc) is 2.49. The van der Waals surface area contributed by atoms with E-state index in [9.17, 15) is 9.59 Å². The van der Waals surface area contributed by atoms with E-state index in [2.05, 4.69) is 10.3 Å². The fourth-order valence-corrected chi connectivity index (χ4v) is 2.12. The molecule has 1 heterocycles. The van der Waals surface area contributed by atoms with Crippen molar-refractivity contribution in [2.75, 3.05) is 19.4 Å². The van der Waals surface area contributed by atoms with Crippen LogP contribution >= 0.6 is 23.2 Å². The van der Waals surface area contributed by atoms with Gasteiger partial charge in [0.1, 0.15) is 5.69 Å². The van der Waals surface area contributed by atoms with E-state index in [-0.39, 0.29) is 22.2 Å². The van der Waals surface area contributed by atoms with Crippen molar-refractivity contribution in [3.63, 3.8) is 0 Å². The number of carbonyl (C=O) groups is 2. The van der Waals surface area contributed by atoms with Gasteiger partial charge in [-0.05, 0) is 24.3 Å². The highest BCUT2D eigenvalue weighted by molar-refractivity contribution is 6.44. The molecule has 1 N–H and O–H groups in total. The van der Waals surface area contributed by atoms with E-state index in [1.165, 1.54) is 17.2 Å². The van der Waals surface area contributed by atoms with Gasteiger partial charge >= 0.3 is 0 Å². The highest BCUT2D eigenvalue weighted by Gasteiger charge is 2.14. The van der Waals surface area contributed by atoms with E-state index in [0.29, 0.717) is 10.7 Å². The number of hydrogen-bond acceptors (Lipinski definition) is 3. The summed E-state index contributed by atoms with van der Waals surface area (Å²) in [4.78, 5) is 29.5. The Bertz CT molecular complexity index is 732. The highest BCUT2D eigenvalue weighted by Crippen LogP contribution is 2.26. The summed E-state index contributed by atoms with van der Waals surface area (Å²) in [5.41, 5.74) is 0.938. The van der Waals surface area contributed by atoms with Crippen molar-refractivity contribution in [3.8, 4) is 0 Å². The molecule has 0 aliphatic carbocycles.